The van der Waals surface area contributed by atoms with Crippen LogP contribution in [0.5, 0.6) is 0 Å². The highest BCUT2D eigenvalue weighted by Gasteiger charge is 2.44. The second kappa shape index (κ2) is 9.64. The van der Waals surface area contributed by atoms with E-state index in [0.717, 1.165) is 47.0 Å². The standard InChI is InChI=1S/C28H30N4O5/c1-30-17-23(33)31-14-13-22-25(26(31)28(30)35)20-6-2-3-7-21(20)32(22)16-18-9-11-19(12-10-18)27(34)29-37-24-8-4-5-15-36-24/h2-3,6-7,9-12,24,26H,4-5,8,13-17H2,1H3,(H,29,34). The molecule has 9 heteroatoms. The molecular formula is C28H30N4O5. The summed E-state index contributed by atoms with van der Waals surface area (Å²) in [6.45, 7) is 1.89. The second-order valence-corrected chi connectivity index (χ2v) is 9.94. The van der Waals surface area contributed by atoms with Crippen LogP contribution in [0, 0.1) is 0 Å². The van der Waals surface area contributed by atoms with Crippen molar-refractivity contribution in [2.75, 3.05) is 26.7 Å². The average molecular weight is 503 g/mol. The Labute approximate surface area is 214 Å². The summed E-state index contributed by atoms with van der Waals surface area (Å²) >= 11 is 0. The molecule has 2 fully saturated rings. The molecule has 0 bridgehead atoms. The third-order valence-corrected chi connectivity index (χ3v) is 7.58. The summed E-state index contributed by atoms with van der Waals surface area (Å²) < 4.78 is 7.73. The lowest BCUT2D eigenvalue weighted by Crippen LogP contribution is -2.56. The predicted octanol–water partition coefficient (Wildman–Crippen LogP) is 2.78. The van der Waals surface area contributed by atoms with Crippen molar-refractivity contribution in [3.63, 3.8) is 0 Å². The number of carbonyl (C=O) groups excluding carboxylic acids is 3. The zero-order valence-electron chi connectivity index (χ0n) is 20.8. The van der Waals surface area contributed by atoms with Gasteiger partial charge in [-0.05, 0) is 36.6 Å². The minimum Gasteiger partial charge on any atom is -0.350 e. The van der Waals surface area contributed by atoms with Crippen molar-refractivity contribution < 1.29 is 24.0 Å². The lowest BCUT2D eigenvalue weighted by molar-refractivity contribution is -0.186. The molecule has 9 nitrogen and oxygen atoms in total. The fourth-order valence-electron chi connectivity index (χ4n) is 5.68. The Kier molecular flexibility index (Phi) is 6.18. The van der Waals surface area contributed by atoms with Crippen molar-refractivity contribution >= 4 is 28.6 Å². The van der Waals surface area contributed by atoms with Crippen molar-refractivity contribution in [1.82, 2.24) is 19.8 Å². The van der Waals surface area contributed by atoms with Crippen LogP contribution in [0.25, 0.3) is 10.9 Å². The van der Waals surface area contributed by atoms with Gasteiger partial charge in [-0.15, -0.1) is 0 Å². The van der Waals surface area contributed by atoms with Crippen LogP contribution in [-0.2, 0) is 32.1 Å². The largest absolute Gasteiger partial charge is 0.350 e. The Morgan fingerprint density at radius 1 is 1.11 bits per heavy atom. The van der Waals surface area contributed by atoms with E-state index in [9.17, 15) is 14.4 Å². The van der Waals surface area contributed by atoms with E-state index in [-0.39, 0.29) is 24.3 Å². The molecule has 2 saturated heterocycles. The Bertz CT molecular complexity index is 1360. The molecule has 3 aliphatic rings. The van der Waals surface area contributed by atoms with Crippen LogP contribution >= 0.6 is 0 Å². The van der Waals surface area contributed by atoms with E-state index < -0.39 is 12.3 Å². The highest BCUT2D eigenvalue weighted by Crippen LogP contribution is 2.40. The normalized spacial score (nSPS) is 21.6. The number of likely N-dealkylation sites (N-methyl/N-ethyl adjacent to an activating group) is 1. The lowest BCUT2D eigenvalue weighted by atomic mass is 9.93. The van der Waals surface area contributed by atoms with Gasteiger partial charge in [-0.3, -0.25) is 14.4 Å². The number of hydrogen-bond donors (Lipinski definition) is 1. The van der Waals surface area contributed by atoms with Crippen LogP contribution in [0.3, 0.4) is 0 Å². The van der Waals surface area contributed by atoms with Gasteiger partial charge >= 0.3 is 0 Å². The maximum atomic E-state index is 13.2. The van der Waals surface area contributed by atoms with Gasteiger partial charge in [-0.2, -0.15) is 0 Å². The molecule has 2 aromatic carbocycles. The predicted molar refractivity (Wildman–Crippen MR) is 135 cm³/mol. The molecular weight excluding hydrogens is 472 g/mol. The molecule has 3 aromatic rings. The van der Waals surface area contributed by atoms with E-state index in [4.69, 9.17) is 9.57 Å². The third kappa shape index (κ3) is 4.28. The first-order valence-electron chi connectivity index (χ1n) is 12.8. The van der Waals surface area contributed by atoms with Crippen LogP contribution in [-0.4, -0.2) is 65.1 Å². The maximum absolute atomic E-state index is 13.2. The molecule has 6 rings (SSSR count). The highest BCUT2D eigenvalue weighted by molar-refractivity contribution is 6.00. The first kappa shape index (κ1) is 23.7. The van der Waals surface area contributed by atoms with Crippen LogP contribution in [0.4, 0.5) is 0 Å². The van der Waals surface area contributed by atoms with Gasteiger partial charge in [-0.1, -0.05) is 30.3 Å². The zero-order chi connectivity index (χ0) is 25.5. The van der Waals surface area contributed by atoms with Crippen molar-refractivity contribution in [2.45, 2.75) is 44.6 Å². The van der Waals surface area contributed by atoms with Gasteiger partial charge in [0.15, 0.2) is 6.29 Å². The molecule has 1 aromatic heterocycles. The van der Waals surface area contributed by atoms with E-state index in [1.165, 1.54) is 4.90 Å². The minimum atomic E-state index is -0.583. The van der Waals surface area contributed by atoms with Crippen molar-refractivity contribution in [3.05, 3.63) is 70.9 Å². The molecule has 0 spiro atoms. The quantitative estimate of drug-likeness (QED) is 0.542. The number of aromatic nitrogens is 1. The molecule has 4 heterocycles. The van der Waals surface area contributed by atoms with E-state index in [2.05, 4.69) is 16.1 Å². The number of para-hydroxylation sites is 1. The van der Waals surface area contributed by atoms with Gasteiger partial charge < -0.3 is 19.1 Å². The number of hydrogen-bond acceptors (Lipinski definition) is 5. The van der Waals surface area contributed by atoms with Crippen LogP contribution < -0.4 is 5.48 Å². The molecule has 2 unspecified atom stereocenters. The average Bonchev–Trinajstić information content (AvgIpc) is 3.24. The summed E-state index contributed by atoms with van der Waals surface area (Å²) in [6.07, 6.45) is 3.09. The minimum absolute atomic E-state index is 0.0116. The van der Waals surface area contributed by atoms with Gasteiger partial charge in [0, 0.05) is 67.3 Å². The topological polar surface area (TPSA) is 93.1 Å². The van der Waals surface area contributed by atoms with E-state index in [1.54, 1.807) is 24.1 Å². The molecule has 3 aliphatic heterocycles. The number of rotatable bonds is 5. The van der Waals surface area contributed by atoms with Crippen molar-refractivity contribution in [2.24, 2.45) is 0 Å². The number of nitrogens with one attached hydrogen (secondary N) is 1. The summed E-state index contributed by atoms with van der Waals surface area (Å²) in [4.78, 5) is 47.1. The molecule has 192 valence electrons. The lowest BCUT2D eigenvalue weighted by Gasteiger charge is -2.42. The molecule has 37 heavy (non-hydrogen) atoms. The Morgan fingerprint density at radius 3 is 2.70 bits per heavy atom. The summed E-state index contributed by atoms with van der Waals surface area (Å²) in [5.41, 5.74) is 7.09. The first-order valence-corrected chi connectivity index (χ1v) is 12.8. The highest BCUT2D eigenvalue weighted by atomic mass is 16.8. The number of carbonyl (C=O) groups is 3. The molecule has 3 amide bonds. The van der Waals surface area contributed by atoms with Gasteiger partial charge in [0.05, 0.1) is 6.54 Å². The molecule has 2 atom stereocenters. The van der Waals surface area contributed by atoms with Gasteiger partial charge in [0.2, 0.25) is 11.8 Å². The Morgan fingerprint density at radius 2 is 1.92 bits per heavy atom. The monoisotopic (exact) mass is 502 g/mol. The zero-order valence-corrected chi connectivity index (χ0v) is 20.8. The van der Waals surface area contributed by atoms with Gasteiger partial charge in [-0.25, -0.2) is 10.3 Å². The number of amides is 3. The summed E-state index contributed by atoms with van der Waals surface area (Å²) in [5.74, 6) is -0.364. The Hall–Kier alpha value is -3.69. The molecule has 0 aliphatic carbocycles. The fourth-order valence-corrected chi connectivity index (χ4v) is 5.68. The summed E-state index contributed by atoms with van der Waals surface area (Å²) in [7, 11) is 1.69. The van der Waals surface area contributed by atoms with Crippen LogP contribution in [0.1, 0.15) is 52.5 Å². The maximum Gasteiger partial charge on any atom is 0.274 e. The summed E-state index contributed by atoms with van der Waals surface area (Å²) in [5, 5.41) is 1.00. The number of fused-ring (bicyclic) bond motifs is 5. The SMILES string of the molecule is CN1CC(=O)N2CCc3c(c4ccccc4n3Cc3ccc(C(=O)NOC4CCCCO4)cc3)C2C1=O. The molecule has 0 saturated carbocycles. The van der Waals surface area contributed by atoms with E-state index in [0.29, 0.717) is 31.7 Å². The Balaban J connectivity index is 1.26. The molecule has 1 N–H and O–H groups in total. The third-order valence-electron chi connectivity index (χ3n) is 7.58. The smallest absolute Gasteiger partial charge is 0.274 e. The molecule has 0 radical (unpaired) electrons. The van der Waals surface area contributed by atoms with Gasteiger partial charge in [0.1, 0.15) is 6.04 Å². The van der Waals surface area contributed by atoms with Gasteiger partial charge in [0.25, 0.3) is 5.91 Å². The van der Waals surface area contributed by atoms with Crippen LogP contribution in [0.2, 0.25) is 0 Å². The van der Waals surface area contributed by atoms with Crippen molar-refractivity contribution in [1.29, 1.82) is 0 Å². The second-order valence-electron chi connectivity index (χ2n) is 9.94. The number of ether oxygens (including phenoxy) is 1. The first-order chi connectivity index (χ1) is 18.0. The van der Waals surface area contributed by atoms with E-state index >= 15 is 0 Å². The number of hydroxylamine groups is 1. The number of nitrogens with zero attached hydrogens (tertiary/aromatic N) is 3. The van der Waals surface area contributed by atoms with Crippen LogP contribution in [0.15, 0.2) is 48.5 Å². The number of piperazine rings is 1. The van der Waals surface area contributed by atoms with E-state index in [1.807, 2.05) is 30.3 Å². The summed E-state index contributed by atoms with van der Waals surface area (Å²) in [6, 6.07) is 14.9. The fraction of sp³-hybridized carbons (Fsp3) is 0.393. The number of benzene rings is 2. The van der Waals surface area contributed by atoms with Crippen molar-refractivity contribution in [3.8, 4) is 0 Å².